The molecular weight excluding hydrogens is 394 g/mol. The molecule has 3 aromatic heterocycles. The molecule has 31 heavy (non-hydrogen) atoms. The van der Waals surface area contributed by atoms with Gasteiger partial charge in [-0.25, -0.2) is 9.50 Å². The van der Waals surface area contributed by atoms with Crippen molar-refractivity contribution in [3.63, 3.8) is 0 Å². The summed E-state index contributed by atoms with van der Waals surface area (Å²) in [4.78, 5) is 13.9. The van der Waals surface area contributed by atoms with Crippen LogP contribution >= 0.6 is 0 Å². The maximum Gasteiger partial charge on any atom is 0.153 e. The molecule has 0 bridgehead atoms. The lowest BCUT2D eigenvalue weighted by Crippen LogP contribution is -2.18. The van der Waals surface area contributed by atoms with Gasteiger partial charge in [-0.3, -0.25) is 4.98 Å². The molecule has 1 unspecified atom stereocenters. The number of rotatable bonds is 7. The van der Waals surface area contributed by atoms with Gasteiger partial charge in [0.15, 0.2) is 5.65 Å². The van der Waals surface area contributed by atoms with Crippen molar-refractivity contribution in [2.45, 2.75) is 33.3 Å². The summed E-state index contributed by atoms with van der Waals surface area (Å²) in [5.74, 6) is 0. The molecule has 8 nitrogen and oxygen atoms in total. The van der Waals surface area contributed by atoms with Crippen molar-refractivity contribution in [1.29, 1.82) is 0 Å². The van der Waals surface area contributed by atoms with E-state index in [9.17, 15) is 5.11 Å². The highest BCUT2D eigenvalue weighted by Crippen LogP contribution is 2.17. The molecule has 4 rings (SSSR count). The Morgan fingerprint density at radius 2 is 2.00 bits per heavy atom. The zero-order valence-corrected chi connectivity index (χ0v) is 17.9. The average molecular weight is 422 g/mol. The molecule has 3 heterocycles. The van der Waals surface area contributed by atoms with E-state index in [2.05, 4.69) is 32.4 Å². The summed E-state index contributed by atoms with van der Waals surface area (Å²) >= 11 is 0. The lowest BCUT2D eigenvalue weighted by Gasteiger charge is -2.07. The number of hydrogen-bond acceptors (Lipinski definition) is 7. The first kappa shape index (κ1) is 22.3. The zero-order valence-electron chi connectivity index (χ0n) is 17.9. The molecule has 162 valence electrons. The van der Waals surface area contributed by atoms with Gasteiger partial charge >= 0.3 is 0 Å². The minimum absolute atomic E-state index is 0.0801. The zero-order chi connectivity index (χ0) is 22.2. The first-order chi connectivity index (χ1) is 15.1. The van der Waals surface area contributed by atoms with Gasteiger partial charge in [-0.2, -0.15) is 5.10 Å². The van der Waals surface area contributed by atoms with Gasteiger partial charge in [0, 0.05) is 18.0 Å². The van der Waals surface area contributed by atoms with Crippen LogP contribution in [0.5, 0.6) is 0 Å². The Bertz CT molecular complexity index is 1170. The predicted molar refractivity (Wildman–Crippen MR) is 120 cm³/mol. The highest BCUT2D eigenvalue weighted by atomic mass is 16.6. The summed E-state index contributed by atoms with van der Waals surface area (Å²) in [5, 5.41) is 27.8. The van der Waals surface area contributed by atoms with Crippen LogP contribution in [0.15, 0.2) is 60.0 Å². The molecule has 0 saturated heterocycles. The van der Waals surface area contributed by atoms with E-state index in [1.165, 1.54) is 0 Å². The molecule has 1 aromatic carbocycles. The number of hydrogen-bond donors (Lipinski definition) is 2. The Morgan fingerprint density at radius 3 is 2.81 bits per heavy atom. The molecule has 0 spiro atoms. The first-order valence-electron chi connectivity index (χ1n) is 10.3. The number of aromatic nitrogens is 4. The molecule has 0 fully saturated rings. The molecule has 4 aromatic rings. The maximum absolute atomic E-state index is 9.32. The van der Waals surface area contributed by atoms with E-state index in [1.54, 1.807) is 17.6 Å². The molecular formula is C23H27N5O3. The lowest BCUT2D eigenvalue weighted by molar-refractivity contribution is 0.00831. The average Bonchev–Trinajstić information content (AvgIpc) is 3.22. The van der Waals surface area contributed by atoms with Crippen molar-refractivity contribution in [1.82, 2.24) is 19.6 Å². The molecule has 8 heteroatoms. The van der Waals surface area contributed by atoms with Crippen LogP contribution in [-0.4, -0.2) is 54.8 Å². The fourth-order valence-electron chi connectivity index (χ4n) is 3.00. The van der Waals surface area contributed by atoms with Gasteiger partial charge in [-0.1, -0.05) is 31.1 Å². The van der Waals surface area contributed by atoms with Crippen LogP contribution in [0, 0.1) is 0 Å². The van der Waals surface area contributed by atoms with Crippen LogP contribution in [0.25, 0.3) is 16.6 Å². The van der Waals surface area contributed by atoms with E-state index in [0.717, 1.165) is 27.8 Å². The smallest absolute Gasteiger partial charge is 0.153 e. The molecule has 1 atom stereocenters. The lowest BCUT2D eigenvalue weighted by atomic mass is 10.1. The molecule has 0 radical (unpaired) electrons. The van der Waals surface area contributed by atoms with E-state index in [0.29, 0.717) is 17.8 Å². The van der Waals surface area contributed by atoms with Crippen LogP contribution < -0.4 is 0 Å². The Labute approximate surface area is 180 Å². The highest BCUT2D eigenvalue weighted by Gasteiger charge is 2.10. The number of oxime groups is 1. The van der Waals surface area contributed by atoms with E-state index in [4.69, 9.17) is 9.94 Å². The van der Waals surface area contributed by atoms with Gasteiger partial charge in [0.05, 0.1) is 24.0 Å². The third-order valence-corrected chi connectivity index (χ3v) is 4.54. The van der Waals surface area contributed by atoms with Gasteiger partial charge in [0.2, 0.25) is 0 Å². The number of imidazole rings is 1. The van der Waals surface area contributed by atoms with Gasteiger partial charge in [0.1, 0.15) is 24.1 Å². The predicted octanol–water partition coefficient (Wildman–Crippen LogP) is 2.99. The fraction of sp³-hybridized carbons (Fsp3) is 0.304. The summed E-state index contributed by atoms with van der Waals surface area (Å²) in [6.45, 7) is 5.32. The number of nitrogens with zero attached hydrogens (tertiary/aromatic N) is 5. The summed E-state index contributed by atoms with van der Waals surface area (Å²) < 4.78 is 1.80. The van der Waals surface area contributed by atoms with Crippen LogP contribution in [-0.2, 0) is 11.3 Å². The van der Waals surface area contributed by atoms with Crippen LogP contribution in [0.3, 0.4) is 0 Å². The van der Waals surface area contributed by atoms with Gasteiger partial charge < -0.3 is 15.1 Å². The molecule has 0 aliphatic rings. The van der Waals surface area contributed by atoms with E-state index < -0.39 is 6.10 Å². The topological polar surface area (TPSA) is 105 Å². The fourth-order valence-corrected chi connectivity index (χ4v) is 3.00. The Hall–Kier alpha value is -3.36. The van der Waals surface area contributed by atoms with E-state index in [1.807, 2.05) is 50.4 Å². The second-order valence-corrected chi connectivity index (χ2v) is 6.75. The SMILES string of the molecule is C/C(=N\OCC(O)CO)c1ccc2ncc(Cc3ccc4ncccc4c3)n2n1.CC. The Balaban J connectivity index is 0.00000132. The first-order valence-corrected chi connectivity index (χ1v) is 10.3. The Morgan fingerprint density at radius 1 is 1.16 bits per heavy atom. The maximum atomic E-state index is 9.32. The third-order valence-electron chi connectivity index (χ3n) is 4.54. The largest absolute Gasteiger partial charge is 0.394 e. The summed E-state index contributed by atoms with van der Waals surface area (Å²) in [6, 6.07) is 13.9. The normalized spacial score (nSPS) is 12.5. The highest BCUT2D eigenvalue weighted by molar-refractivity contribution is 5.96. The molecule has 2 N–H and O–H groups in total. The number of fused-ring (bicyclic) bond motifs is 2. The number of aliphatic hydroxyl groups excluding tert-OH is 2. The summed E-state index contributed by atoms with van der Waals surface area (Å²) in [6.07, 6.45) is 3.33. The second kappa shape index (κ2) is 10.6. The van der Waals surface area contributed by atoms with E-state index in [-0.39, 0.29) is 13.2 Å². The standard InChI is InChI=1S/C21H21N5O3.C2H6/c1-14(25-29-13-18(28)12-27)19-6-7-21-23-11-17(26(21)24-19)10-15-4-5-20-16(9-15)3-2-8-22-20;1-2/h2-9,11,18,27-28H,10,12-13H2,1H3;1-2H3/b25-14+;. The quantitative estimate of drug-likeness (QED) is 0.351. The minimum Gasteiger partial charge on any atom is -0.394 e. The monoisotopic (exact) mass is 421 g/mol. The van der Waals surface area contributed by atoms with Gasteiger partial charge in [-0.15, -0.1) is 0 Å². The van der Waals surface area contributed by atoms with Crippen molar-refractivity contribution in [2.24, 2.45) is 5.16 Å². The van der Waals surface area contributed by atoms with Crippen molar-refractivity contribution in [3.8, 4) is 0 Å². The van der Waals surface area contributed by atoms with Gasteiger partial charge in [0.25, 0.3) is 0 Å². The Kier molecular flexibility index (Phi) is 7.64. The van der Waals surface area contributed by atoms with Crippen molar-refractivity contribution < 1.29 is 15.1 Å². The third kappa shape index (κ3) is 5.42. The molecule has 0 aliphatic heterocycles. The van der Waals surface area contributed by atoms with Crippen LogP contribution in [0.2, 0.25) is 0 Å². The molecule has 0 aliphatic carbocycles. The van der Waals surface area contributed by atoms with Gasteiger partial charge in [-0.05, 0) is 42.8 Å². The van der Waals surface area contributed by atoms with Crippen molar-refractivity contribution in [3.05, 3.63) is 71.8 Å². The van der Waals surface area contributed by atoms with Crippen molar-refractivity contribution >= 4 is 22.3 Å². The second-order valence-electron chi connectivity index (χ2n) is 6.75. The van der Waals surface area contributed by atoms with Crippen LogP contribution in [0.1, 0.15) is 37.7 Å². The van der Waals surface area contributed by atoms with Crippen LogP contribution in [0.4, 0.5) is 0 Å². The molecule has 0 amide bonds. The van der Waals surface area contributed by atoms with E-state index >= 15 is 0 Å². The number of pyridine rings is 1. The summed E-state index contributed by atoms with van der Waals surface area (Å²) in [5.41, 5.74) is 5.01. The van der Waals surface area contributed by atoms with Crippen molar-refractivity contribution in [2.75, 3.05) is 13.2 Å². The minimum atomic E-state index is -0.959. The molecule has 0 saturated carbocycles. The number of benzene rings is 1. The number of aliphatic hydroxyl groups is 2. The summed E-state index contributed by atoms with van der Waals surface area (Å²) in [7, 11) is 0.